The highest BCUT2D eigenvalue weighted by Crippen LogP contribution is 2.16. The van der Waals surface area contributed by atoms with Gasteiger partial charge in [-0.25, -0.2) is 4.39 Å². The number of nitrogens with two attached hydrogens (primary N) is 1. The minimum atomic E-state index is -1.13. The van der Waals surface area contributed by atoms with Gasteiger partial charge in [0.25, 0.3) is 0 Å². The molecule has 4 nitrogen and oxygen atoms in total. The maximum absolute atomic E-state index is 13.1. The number of halogens is 1. The molecule has 0 aromatic heterocycles. The molecule has 3 N–H and O–H groups in total. The molecule has 0 rings (SSSR count). The van der Waals surface area contributed by atoms with Gasteiger partial charge in [-0.3, -0.25) is 4.79 Å². The second-order valence-corrected chi connectivity index (χ2v) is 3.62. The van der Waals surface area contributed by atoms with Crippen molar-refractivity contribution >= 4 is 5.97 Å². The zero-order chi connectivity index (χ0) is 11.9. The lowest BCUT2D eigenvalue weighted by molar-refractivity contribution is -0.146. The highest BCUT2D eigenvalue weighted by atomic mass is 19.1. The van der Waals surface area contributed by atoms with Crippen molar-refractivity contribution in [2.45, 2.75) is 25.3 Å². The topological polar surface area (TPSA) is 64.3 Å². The van der Waals surface area contributed by atoms with E-state index in [9.17, 15) is 9.18 Å². The summed E-state index contributed by atoms with van der Waals surface area (Å²) in [6.07, 6.45) is 1.79. The predicted octanol–water partition coefficient (Wildman–Crippen LogP) is 0.730. The van der Waals surface area contributed by atoms with Crippen molar-refractivity contribution in [1.82, 2.24) is 5.32 Å². The summed E-state index contributed by atoms with van der Waals surface area (Å²) >= 11 is 0. The molecule has 0 saturated heterocycles. The molecule has 0 aliphatic carbocycles. The third-order valence-electron chi connectivity index (χ3n) is 2.06. The lowest BCUT2D eigenvalue weighted by Gasteiger charge is -2.20. The van der Waals surface area contributed by atoms with Crippen molar-refractivity contribution in [3.8, 4) is 0 Å². The van der Waals surface area contributed by atoms with Crippen molar-refractivity contribution in [2.75, 3.05) is 20.7 Å². The van der Waals surface area contributed by atoms with E-state index in [2.05, 4.69) is 10.1 Å². The number of hydrogen-bond acceptors (Lipinski definition) is 4. The summed E-state index contributed by atoms with van der Waals surface area (Å²) in [5, 5.41) is 2.79. The van der Waals surface area contributed by atoms with Gasteiger partial charge in [0.05, 0.1) is 12.9 Å². The number of ether oxygens (including phenoxy) is 1. The standard InChI is InChI=1S/C10H19FN2O2/c1-10(12,9(14)15-3)6-4-8(11)5-7-13-2/h5,13H,4,6-7,12H2,1-3H3. The molecule has 0 aromatic rings. The average molecular weight is 218 g/mol. The Bertz CT molecular complexity index is 240. The van der Waals surface area contributed by atoms with Crippen LogP contribution >= 0.6 is 0 Å². The Balaban J connectivity index is 4.08. The Morgan fingerprint density at radius 1 is 1.67 bits per heavy atom. The van der Waals surface area contributed by atoms with Crippen LogP contribution in [-0.2, 0) is 9.53 Å². The molecule has 0 radical (unpaired) electrons. The van der Waals surface area contributed by atoms with Gasteiger partial charge in [0.2, 0.25) is 0 Å². The maximum atomic E-state index is 13.1. The predicted molar refractivity (Wildman–Crippen MR) is 57.0 cm³/mol. The zero-order valence-corrected chi connectivity index (χ0v) is 9.47. The molecule has 15 heavy (non-hydrogen) atoms. The van der Waals surface area contributed by atoms with Gasteiger partial charge in [-0.1, -0.05) is 0 Å². The van der Waals surface area contributed by atoms with Gasteiger partial charge in [0.1, 0.15) is 5.54 Å². The molecular formula is C10H19FN2O2. The molecule has 0 aliphatic heterocycles. The fourth-order valence-electron chi connectivity index (χ4n) is 1.03. The van der Waals surface area contributed by atoms with Gasteiger partial charge < -0.3 is 15.8 Å². The monoisotopic (exact) mass is 218 g/mol. The number of rotatable bonds is 6. The van der Waals surface area contributed by atoms with Crippen LogP contribution < -0.4 is 11.1 Å². The number of allylic oxidation sites excluding steroid dienone is 1. The van der Waals surface area contributed by atoms with Crippen LogP contribution in [-0.4, -0.2) is 32.2 Å². The third kappa shape index (κ3) is 5.49. The van der Waals surface area contributed by atoms with Crippen LogP contribution in [0.4, 0.5) is 4.39 Å². The third-order valence-corrected chi connectivity index (χ3v) is 2.06. The summed E-state index contributed by atoms with van der Waals surface area (Å²) < 4.78 is 17.6. The molecule has 0 spiro atoms. The second-order valence-electron chi connectivity index (χ2n) is 3.62. The van der Waals surface area contributed by atoms with Crippen LogP contribution in [0.3, 0.4) is 0 Å². The van der Waals surface area contributed by atoms with Crippen molar-refractivity contribution in [1.29, 1.82) is 0 Å². The van der Waals surface area contributed by atoms with E-state index < -0.39 is 11.5 Å². The van der Waals surface area contributed by atoms with E-state index in [1.807, 2.05) is 0 Å². The summed E-state index contributed by atoms with van der Waals surface area (Å²) in [6, 6.07) is 0. The van der Waals surface area contributed by atoms with Crippen molar-refractivity contribution in [3.63, 3.8) is 0 Å². The lowest BCUT2D eigenvalue weighted by Crippen LogP contribution is -2.45. The average Bonchev–Trinajstić information content (AvgIpc) is 2.22. The number of hydrogen-bond donors (Lipinski definition) is 2. The van der Waals surface area contributed by atoms with Crippen molar-refractivity contribution in [3.05, 3.63) is 11.9 Å². The maximum Gasteiger partial charge on any atom is 0.325 e. The Hall–Kier alpha value is -0.940. The van der Waals surface area contributed by atoms with Crippen molar-refractivity contribution < 1.29 is 13.9 Å². The molecule has 0 aliphatic rings. The summed E-state index contributed by atoms with van der Waals surface area (Å²) in [7, 11) is 2.99. The molecule has 88 valence electrons. The highest BCUT2D eigenvalue weighted by molar-refractivity contribution is 5.79. The first-order chi connectivity index (χ1) is 6.94. The molecule has 0 heterocycles. The minimum absolute atomic E-state index is 0.143. The molecule has 1 unspecified atom stereocenters. The molecule has 0 fully saturated rings. The first-order valence-corrected chi connectivity index (χ1v) is 4.80. The Kier molecular flexibility index (Phi) is 6.12. The van der Waals surface area contributed by atoms with Gasteiger partial charge in [-0.15, -0.1) is 0 Å². The van der Waals surface area contributed by atoms with Crippen LogP contribution in [0.15, 0.2) is 11.9 Å². The van der Waals surface area contributed by atoms with Crippen LogP contribution in [0.1, 0.15) is 19.8 Å². The first kappa shape index (κ1) is 14.1. The number of carbonyl (C=O) groups is 1. The molecule has 0 bridgehead atoms. The van der Waals surface area contributed by atoms with Gasteiger partial charge >= 0.3 is 5.97 Å². The van der Waals surface area contributed by atoms with Crippen LogP contribution in [0.25, 0.3) is 0 Å². The van der Waals surface area contributed by atoms with Gasteiger partial charge in [0.15, 0.2) is 0 Å². The molecule has 1 atom stereocenters. The van der Waals surface area contributed by atoms with Gasteiger partial charge in [-0.2, -0.15) is 0 Å². The summed E-state index contributed by atoms with van der Waals surface area (Å²) in [6.45, 7) is 2.00. The molecule has 0 saturated carbocycles. The van der Waals surface area contributed by atoms with Crippen molar-refractivity contribution in [2.24, 2.45) is 5.73 Å². The smallest absolute Gasteiger partial charge is 0.325 e. The number of nitrogens with one attached hydrogen (secondary N) is 1. The minimum Gasteiger partial charge on any atom is -0.468 e. The number of esters is 1. The Labute approximate surface area is 89.7 Å². The molecule has 0 amide bonds. The van der Waals surface area contributed by atoms with Gasteiger partial charge in [0, 0.05) is 13.0 Å². The molecule has 5 heteroatoms. The SMILES string of the molecule is CNCC=C(F)CCC(C)(N)C(=O)OC. The van der Waals surface area contributed by atoms with E-state index >= 15 is 0 Å². The first-order valence-electron chi connectivity index (χ1n) is 4.80. The summed E-state index contributed by atoms with van der Waals surface area (Å²) in [4.78, 5) is 11.2. The van der Waals surface area contributed by atoms with Crippen LogP contribution in [0, 0.1) is 0 Å². The number of likely N-dealkylation sites (N-methyl/N-ethyl adjacent to an activating group) is 1. The fourth-order valence-corrected chi connectivity index (χ4v) is 1.03. The van der Waals surface area contributed by atoms with Crippen LogP contribution in [0.2, 0.25) is 0 Å². The Morgan fingerprint density at radius 2 is 2.27 bits per heavy atom. The lowest BCUT2D eigenvalue weighted by atomic mass is 9.97. The quantitative estimate of drug-likeness (QED) is 0.645. The normalized spacial score (nSPS) is 15.9. The van der Waals surface area contributed by atoms with E-state index in [1.54, 1.807) is 7.05 Å². The summed E-state index contributed by atoms with van der Waals surface area (Å²) in [5.74, 6) is -0.797. The van der Waals surface area contributed by atoms with E-state index in [-0.39, 0.29) is 18.7 Å². The van der Waals surface area contributed by atoms with Crippen LogP contribution in [0.5, 0.6) is 0 Å². The fraction of sp³-hybridized carbons (Fsp3) is 0.700. The Morgan fingerprint density at radius 3 is 2.73 bits per heavy atom. The second kappa shape index (κ2) is 6.53. The highest BCUT2D eigenvalue weighted by Gasteiger charge is 2.29. The zero-order valence-electron chi connectivity index (χ0n) is 9.47. The van der Waals surface area contributed by atoms with E-state index in [0.29, 0.717) is 6.54 Å². The van der Waals surface area contributed by atoms with E-state index in [1.165, 1.54) is 20.1 Å². The van der Waals surface area contributed by atoms with Gasteiger partial charge in [-0.05, 0) is 26.5 Å². The molecular weight excluding hydrogens is 199 g/mol. The number of methoxy groups -OCH3 is 1. The van der Waals surface area contributed by atoms with E-state index in [4.69, 9.17) is 5.73 Å². The molecule has 0 aromatic carbocycles. The largest absolute Gasteiger partial charge is 0.468 e. The van der Waals surface area contributed by atoms with E-state index in [0.717, 1.165) is 0 Å². The number of carbonyl (C=O) groups excluding carboxylic acids is 1. The summed E-state index contributed by atoms with van der Waals surface area (Å²) in [5.41, 5.74) is 4.54.